The summed E-state index contributed by atoms with van der Waals surface area (Å²) in [5, 5.41) is -0.712. The van der Waals surface area contributed by atoms with Crippen LogP contribution in [0, 0.1) is 5.92 Å². The molecule has 0 amide bonds. The Morgan fingerprint density at radius 3 is 2.29 bits per heavy atom. The normalized spacial score (nSPS) is 29.4. The third-order valence-electron chi connectivity index (χ3n) is 3.02. The van der Waals surface area contributed by atoms with Gasteiger partial charge in [0.2, 0.25) is 0 Å². The summed E-state index contributed by atoms with van der Waals surface area (Å²) in [7, 11) is -3.96. The van der Waals surface area contributed by atoms with Crippen LogP contribution in [-0.4, -0.2) is 24.8 Å². The molecule has 1 rings (SSSR count). The van der Waals surface area contributed by atoms with Gasteiger partial charge in [-0.05, 0) is 39.2 Å². The van der Waals surface area contributed by atoms with Crippen molar-refractivity contribution >= 4 is 10.1 Å². The number of rotatable bonds is 2. The third kappa shape index (κ3) is 2.34. The van der Waals surface area contributed by atoms with E-state index >= 15 is 0 Å². The number of allylic oxidation sites excluding steroid dienone is 2. The second-order valence-electron chi connectivity index (χ2n) is 4.02. The van der Waals surface area contributed by atoms with E-state index in [9.17, 15) is 8.42 Å². The van der Waals surface area contributed by atoms with Crippen molar-refractivity contribution in [1.29, 1.82) is 0 Å². The molecule has 0 bridgehead atoms. The van der Waals surface area contributed by atoms with E-state index in [0.717, 1.165) is 5.57 Å². The van der Waals surface area contributed by atoms with Crippen LogP contribution in [0.15, 0.2) is 11.1 Å². The highest BCUT2D eigenvalue weighted by molar-refractivity contribution is 7.86. The zero-order valence-electron chi connectivity index (χ0n) is 8.53. The predicted molar refractivity (Wildman–Crippen MR) is 55.5 cm³/mol. The lowest BCUT2D eigenvalue weighted by molar-refractivity contribution is 0.404. The van der Waals surface area contributed by atoms with Crippen LogP contribution in [0.2, 0.25) is 0 Å². The highest BCUT2D eigenvalue weighted by Gasteiger charge is 2.34. The van der Waals surface area contributed by atoms with Gasteiger partial charge in [0.1, 0.15) is 0 Å². The lowest BCUT2D eigenvalue weighted by Crippen LogP contribution is -2.37. The van der Waals surface area contributed by atoms with Crippen molar-refractivity contribution in [2.45, 2.75) is 31.9 Å². The molecule has 0 heterocycles. The van der Waals surface area contributed by atoms with Gasteiger partial charge in [-0.2, -0.15) is 8.42 Å². The lowest BCUT2D eigenvalue weighted by atomic mass is 9.85. The summed E-state index contributed by atoms with van der Waals surface area (Å²) in [5.74, 6) is -0.145. The molecule has 3 N–H and O–H groups in total. The van der Waals surface area contributed by atoms with Gasteiger partial charge in [0, 0.05) is 0 Å². The first-order valence-corrected chi connectivity index (χ1v) is 6.18. The molecule has 0 fully saturated rings. The highest BCUT2D eigenvalue weighted by atomic mass is 32.2. The van der Waals surface area contributed by atoms with E-state index in [0.29, 0.717) is 19.4 Å². The molecule has 2 unspecified atom stereocenters. The van der Waals surface area contributed by atoms with Gasteiger partial charge in [-0.25, -0.2) is 0 Å². The largest absolute Gasteiger partial charge is 0.330 e. The van der Waals surface area contributed by atoms with Gasteiger partial charge in [-0.15, -0.1) is 0 Å². The van der Waals surface area contributed by atoms with Crippen molar-refractivity contribution in [2.24, 2.45) is 11.7 Å². The Kier molecular flexibility index (Phi) is 3.34. The fourth-order valence-corrected chi connectivity index (χ4v) is 3.08. The average molecular weight is 219 g/mol. The Morgan fingerprint density at radius 2 is 1.86 bits per heavy atom. The van der Waals surface area contributed by atoms with Gasteiger partial charge in [0.15, 0.2) is 0 Å². The van der Waals surface area contributed by atoms with Crippen LogP contribution in [0.5, 0.6) is 0 Å². The minimum Gasteiger partial charge on any atom is -0.330 e. The monoisotopic (exact) mass is 219 g/mol. The number of hydrogen-bond acceptors (Lipinski definition) is 3. The zero-order valence-corrected chi connectivity index (χ0v) is 9.34. The Morgan fingerprint density at radius 1 is 1.36 bits per heavy atom. The molecule has 5 heteroatoms. The van der Waals surface area contributed by atoms with Crippen LogP contribution in [0.4, 0.5) is 0 Å². The van der Waals surface area contributed by atoms with E-state index in [-0.39, 0.29) is 5.92 Å². The fraction of sp³-hybridized carbons (Fsp3) is 0.778. The summed E-state index contributed by atoms with van der Waals surface area (Å²) in [4.78, 5) is 0. The second-order valence-corrected chi connectivity index (χ2v) is 5.65. The standard InChI is InChI=1S/C9H17NO3S/c1-6-3-8(5-10)9(4-7(6)2)14(11,12)13/h8-9H,3-5,10H2,1-2H3,(H,11,12,13). The van der Waals surface area contributed by atoms with Gasteiger partial charge in [0.25, 0.3) is 10.1 Å². The molecule has 4 nitrogen and oxygen atoms in total. The van der Waals surface area contributed by atoms with E-state index < -0.39 is 15.4 Å². The summed E-state index contributed by atoms with van der Waals surface area (Å²) < 4.78 is 31.2. The van der Waals surface area contributed by atoms with Crippen molar-refractivity contribution in [3.8, 4) is 0 Å². The summed E-state index contributed by atoms with van der Waals surface area (Å²) in [6, 6.07) is 0. The molecule has 2 atom stereocenters. The van der Waals surface area contributed by atoms with Crippen LogP contribution in [-0.2, 0) is 10.1 Å². The Hall–Kier alpha value is -0.390. The molecule has 14 heavy (non-hydrogen) atoms. The molecule has 0 aromatic heterocycles. The van der Waals surface area contributed by atoms with E-state index in [1.807, 2.05) is 13.8 Å². The van der Waals surface area contributed by atoms with E-state index in [4.69, 9.17) is 10.3 Å². The van der Waals surface area contributed by atoms with Gasteiger partial charge in [-0.3, -0.25) is 4.55 Å². The van der Waals surface area contributed by atoms with Crippen molar-refractivity contribution < 1.29 is 13.0 Å². The number of hydrogen-bond donors (Lipinski definition) is 2. The van der Waals surface area contributed by atoms with Crippen LogP contribution in [0.3, 0.4) is 0 Å². The first-order chi connectivity index (χ1) is 6.36. The molecule has 1 aliphatic rings. The molecule has 82 valence electrons. The van der Waals surface area contributed by atoms with Crippen LogP contribution in [0.25, 0.3) is 0 Å². The summed E-state index contributed by atoms with van der Waals surface area (Å²) in [5.41, 5.74) is 7.75. The van der Waals surface area contributed by atoms with E-state index in [1.165, 1.54) is 5.57 Å². The van der Waals surface area contributed by atoms with Crippen molar-refractivity contribution in [1.82, 2.24) is 0 Å². The molecule has 0 saturated heterocycles. The van der Waals surface area contributed by atoms with Crippen molar-refractivity contribution in [2.75, 3.05) is 6.54 Å². The third-order valence-corrected chi connectivity index (χ3v) is 4.33. The summed E-state index contributed by atoms with van der Waals surface area (Å²) in [6.45, 7) is 4.19. The predicted octanol–water partition coefficient (Wildman–Crippen LogP) is 0.948. The molecule has 0 radical (unpaired) electrons. The van der Waals surface area contributed by atoms with Crippen LogP contribution in [0.1, 0.15) is 26.7 Å². The van der Waals surface area contributed by atoms with E-state index in [1.54, 1.807) is 0 Å². The maximum Gasteiger partial charge on any atom is 0.268 e. The fourth-order valence-electron chi connectivity index (χ4n) is 1.93. The highest BCUT2D eigenvalue weighted by Crippen LogP contribution is 2.32. The Labute approximate surface area is 84.9 Å². The van der Waals surface area contributed by atoms with Crippen molar-refractivity contribution in [3.63, 3.8) is 0 Å². The molecular weight excluding hydrogens is 202 g/mol. The minimum absolute atomic E-state index is 0.145. The van der Waals surface area contributed by atoms with Gasteiger partial charge in [-0.1, -0.05) is 11.1 Å². The Bertz CT molecular complexity index is 345. The van der Waals surface area contributed by atoms with E-state index in [2.05, 4.69) is 0 Å². The zero-order chi connectivity index (χ0) is 10.9. The quantitative estimate of drug-likeness (QED) is 0.535. The smallest absolute Gasteiger partial charge is 0.268 e. The molecule has 0 aromatic rings. The van der Waals surface area contributed by atoms with Crippen LogP contribution < -0.4 is 5.73 Å². The second kappa shape index (κ2) is 4.00. The molecule has 0 saturated carbocycles. The molecule has 0 aromatic carbocycles. The summed E-state index contributed by atoms with van der Waals surface area (Å²) in [6.07, 6.45) is 1.08. The van der Waals surface area contributed by atoms with Gasteiger partial charge in [0.05, 0.1) is 5.25 Å². The molecular formula is C9H17NO3S. The molecule has 1 aliphatic carbocycles. The number of nitrogens with two attached hydrogens (primary N) is 1. The van der Waals surface area contributed by atoms with Crippen molar-refractivity contribution in [3.05, 3.63) is 11.1 Å². The average Bonchev–Trinajstić information content (AvgIpc) is 2.07. The maximum absolute atomic E-state index is 11.1. The van der Waals surface area contributed by atoms with Crippen LogP contribution >= 0.6 is 0 Å². The lowest BCUT2D eigenvalue weighted by Gasteiger charge is -2.29. The molecule has 0 aliphatic heterocycles. The maximum atomic E-state index is 11.1. The van der Waals surface area contributed by atoms with Gasteiger partial charge >= 0.3 is 0 Å². The first kappa shape index (κ1) is 11.7. The summed E-state index contributed by atoms with van der Waals surface area (Å²) >= 11 is 0. The molecule has 0 spiro atoms. The van der Waals surface area contributed by atoms with Gasteiger partial charge < -0.3 is 5.73 Å². The Balaban J connectivity index is 2.98. The minimum atomic E-state index is -3.96. The SMILES string of the molecule is CC1=C(C)CC(S(=O)(=O)O)C(CN)C1. The topological polar surface area (TPSA) is 80.4 Å². The first-order valence-electron chi connectivity index (χ1n) is 4.68.